The van der Waals surface area contributed by atoms with Crippen LogP contribution in [0.15, 0.2) is 111 Å². The van der Waals surface area contributed by atoms with Crippen LogP contribution in [0.1, 0.15) is 81.7 Å². The maximum atomic E-state index is 12.1. The minimum Gasteiger partial charge on any atom is -0.465 e. The lowest BCUT2D eigenvalue weighted by Crippen LogP contribution is -2.41. The molecule has 9 rings (SSSR count). The minimum atomic E-state index is -0.401. The molecule has 2 aliphatic heterocycles. The number of hydrogen-bond donors (Lipinski definition) is 0. The number of rotatable bonds is 6. The van der Waals surface area contributed by atoms with Gasteiger partial charge in [0.25, 0.3) is 0 Å². The summed E-state index contributed by atoms with van der Waals surface area (Å²) in [6.45, 7) is 18.8. The predicted octanol–water partition coefficient (Wildman–Crippen LogP) is 11.5. The molecular formula is C50H51B2BrO10S3. The van der Waals surface area contributed by atoms with Crippen LogP contribution in [0.5, 0.6) is 0 Å². The van der Waals surface area contributed by atoms with Gasteiger partial charge in [0.05, 0.1) is 51.5 Å². The molecule has 342 valence electrons. The lowest BCUT2D eigenvalue weighted by atomic mass is 9.71. The fraction of sp³-hybridized carbons (Fsp3) is 0.300. The number of thiophene rings is 3. The molecule has 3 aromatic heterocycles. The van der Waals surface area contributed by atoms with E-state index in [9.17, 15) is 9.59 Å². The summed E-state index contributed by atoms with van der Waals surface area (Å²) in [6.07, 6.45) is 0.250. The fourth-order valence-corrected chi connectivity index (χ4v) is 10.5. The number of hydrogen-bond acceptors (Lipinski definition) is 13. The second kappa shape index (κ2) is 20.6. The van der Waals surface area contributed by atoms with Crippen LogP contribution in [-0.2, 0) is 37.7 Å². The molecule has 2 aliphatic rings. The van der Waals surface area contributed by atoms with Crippen LogP contribution < -0.4 is 10.9 Å². The van der Waals surface area contributed by atoms with Gasteiger partial charge >= 0.3 is 32.3 Å². The highest BCUT2D eigenvalue weighted by Gasteiger charge is 2.53. The molecule has 2 fully saturated rings. The van der Waals surface area contributed by atoms with Crippen molar-refractivity contribution >= 4 is 115 Å². The van der Waals surface area contributed by atoms with E-state index in [1.807, 2.05) is 16.8 Å². The van der Waals surface area contributed by atoms with Crippen LogP contribution in [0.4, 0.5) is 0 Å². The third kappa shape index (κ3) is 10.4. The SMILES string of the molecule is CC1(C)OB(c2cccc3c(B4OC(C)(C)C(C)(C)O4)cccc23)OC1(C)C.COC(=O)c1ccsc1-c1cccc2c(-c3sccc3C)cccc12.COC(=O)c1ccsc1Br.O=C=O. The molecule has 66 heavy (non-hydrogen) atoms. The van der Waals surface area contributed by atoms with Crippen molar-refractivity contribution in [1.29, 1.82) is 0 Å². The number of carbonyl (C=O) groups is 2. The predicted molar refractivity (Wildman–Crippen MR) is 270 cm³/mol. The number of esters is 2. The van der Waals surface area contributed by atoms with Crippen LogP contribution in [-0.4, -0.2) is 69.0 Å². The Labute approximate surface area is 406 Å². The summed E-state index contributed by atoms with van der Waals surface area (Å²) < 4.78 is 35.5. The van der Waals surface area contributed by atoms with Crippen molar-refractivity contribution in [2.24, 2.45) is 0 Å². The summed E-state index contributed by atoms with van der Waals surface area (Å²) in [5, 5.41) is 10.5. The van der Waals surface area contributed by atoms with Gasteiger partial charge < -0.3 is 28.1 Å². The summed E-state index contributed by atoms with van der Waals surface area (Å²) in [7, 11) is 1.99. The lowest BCUT2D eigenvalue weighted by molar-refractivity contribution is -0.191. The highest BCUT2D eigenvalue weighted by Crippen LogP contribution is 2.41. The van der Waals surface area contributed by atoms with Gasteiger partial charge in [-0.05, 0) is 156 Å². The Bertz CT molecular complexity index is 2780. The average molecular weight is 1010 g/mol. The number of carbonyl (C=O) groups excluding carboxylic acids is 4. The quantitative estimate of drug-likeness (QED) is 0.117. The molecule has 0 aliphatic carbocycles. The van der Waals surface area contributed by atoms with E-state index in [1.54, 1.807) is 28.7 Å². The number of methoxy groups -OCH3 is 2. The Hall–Kier alpha value is -4.73. The van der Waals surface area contributed by atoms with Gasteiger partial charge in [0.1, 0.15) is 0 Å². The van der Waals surface area contributed by atoms with Crippen molar-refractivity contribution in [2.75, 3.05) is 14.2 Å². The number of aryl methyl sites for hydroxylation is 1. The largest absolute Gasteiger partial charge is 0.495 e. The van der Waals surface area contributed by atoms with Crippen LogP contribution in [0, 0.1) is 6.92 Å². The van der Waals surface area contributed by atoms with Crippen molar-refractivity contribution in [3.05, 3.63) is 128 Å². The van der Waals surface area contributed by atoms with E-state index < -0.39 is 14.2 Å². The molecule has 0 bridgehead atoms. The third-order valence-electron chi connectivity index (χ3n) is 12.4. The van der Waals surface area contributed by atoms with Crippen LogP contribution in [0.2, 0.25) is 0 Å². The highest BCUT2D eigenvalue weighted by molar-refractivity contribution is 9.11. The maximum absolute atomic E-state index is 12.1. The monoisotopic (exact) mass is 1010 g/mol. The Morgan fingerprint density at radius 3 is 1.30 bits per heavy atom. The Balaban J connectivity index is 0.000000173. The van der Waals surface area contributed by atoms with Crippen LogP contribution in [0.3, 0.4) is 0 Å². The lowest BCUT2D eigenvalue weighted by Gasteiger charge is -2.32. The minimum absolute atomic E-state index is 0.250. The Morgan fingerprint density at radius 1 is 0.530 bits per heavy atom. The van der Waals surface area contributed by atoms with Gasteiger partial charge in [-0.2, -0.15) is 9.59 Å². The van der Waals surface area contributed by atoms with Crippen molar-refractivity contribution in [3.8, 4) is 20.9 Å². The zero-order valence-corrected chi connectivity index (χ0v) is 42.8. The van der Waals surface area contributed by atoms with Gasteiger partial charge in [-0.15, -0.1) is 34.0 Å². The maximum Gasteiger partial charge on any atom is 0.495 e. The number of benzene rings is 4. The first-order chi connectivity index (χ1) is 31.2. The zero-order valence-electron chi connectivity index (χ0n) is 38.7. The second-order valence-corrected chi connectivity index (χ2v) is 21.5. The molecule has 4 aromatic carbocycles. The summed E-state index contributed by atoms with van der Waals surface area (Å²) in [5.74, 6) is -0.591. The molecule has 0 N–H and O–H groups in total. The van der Waals surface area contributed by atoms with Crippen LogP contribution >= 0.6 is 49.9 Å². The molecule has 0 amide bonds. The van der Waals surface area contributed by atoms with Crippen molar-refractivity contribution < 1.29 is 47.3 Å². The number of fused-ring (bicyclic) bond motifs is 2. The Morgan fingerprint density at radius 2 is 0.894 bits per heavy atom. The molecule has 10 nitrogen and oxygen atoms in total. The normalized spacial score (nSPS) is 16.2. The van der Waals surface area contributed by atoms with Crippen molar-refractivity contribution in [3.63, 3.8) is 0 Å². The topological polar surface area (TPSA) is 124 Å². The average Bonchev–Trinajstić information content (AvgIpc) is 4.11. The van der Waals surface area contributed by atoms with Gasteiger partial charge in [0.15, 0.2) is 0 Å². The first-order valence-corrected chi connectivity index (χ1v) is 24.4. The summed E-state index contributed by atoms with van der Waals surface area (Å²) in [5.41, 5.74) is 5.40. The summed E-state index contributed by atoms with van der Waals surface area (Å²) >= 11 is 8.02. The molecule has 0 radical (unpaired) electrons. The molecule has 0 atom stereocenters. The molecule has 0 saturated carbocycles. The fourth-order valence-electron chi connectivity index (χ4n) is 7.40. The second-order valence-electron chi connectivity index (χ2n) is 17.4. The van der Waals surface area contributed by atoms with E-state index in [4.69, 9.17) is 32.9 Å². The van der Waals surface area contributed by atoms with Crippen molar-refractivity contribution in [2.45, 2.75) is 84.7 Å². The molecule has 5 heterocycles. The van der Waals surface area contributed by atoms with E-state index >= 15 is 0 Å². The van der Waals surface area contributed by atoms with Gasteiger partial charge in [-0.3, -0.25) is 0 Å². The van der Waals surface area contributed by atoms with E-state index in [2.05, 4.69) is 167 Å². The van der Waals surface area contributed by atoms with Crippen LogP contribution in [0.25, 0.3) is 42.4 Å². The molecule has 0 unspecified atom stereocenters. The van der Waals surface area contributed by atoms with Gasteiger partial charge in [-0.25, -0.2) is 9.59 Å². The first-order valence-electron chi connectivity index (χ1n) is 21.0. The molecule has 2 saturated heterocycles. The molecule has 0 spiro atoms. The standard InChI is InChI=1S/C22H30B2O4.C21H16O2S2.C6H5BrO2S.CO2/c1-19(2)20(3,4)26-23(25-19)17-13-9-12-16-15(17)11-10-14-18(16)24-27-21(5,6)22(7,8)28-24;1-13-9-11-24-19(13)16-7-3-6-15-14(16)5-4-8-17(15)20-18(10-12-25-20)21(22)23-2;1-9-6(8)4-2-3-10-5(4)7;2-1-3/h9-14H,1-8H3;3-12H,1-2H3;2-3H,1H3;. The van der Waals surface area contributed by atoms with Gasteiger partial charge in [-0.1, -0.05) is 72.8 Å². The summed E-state index contributed by atoms with van der Waals surface area (Å²) in [6, 6.07) is 30.9. The van der Waals surface area contributed by atoms with E-state index in [0.29, 0.717) is 11.1 Å². The Kier molecular flexibility index (Phi) is 15.9. The molecular weight excluding hydrogens is 958 g/mol. The first kappa shape index (κ1) is 50.7. The molecule has 7 aromatic rings. The number of halogens is 1. The highest BCUT2D eigenvalue weighted by atomic mass is 79.9. The third-order valence-corrected chi connectivity index (χ3v) is 16.1. The van der Waals surface area contributed by atoms with E-state index in [-0.39, 0.29) is 40.5 Å². The molecule has 16 heteroatoms. The van der Waals surface area contributed by atoms with E-state index in [0.717, 1.165) is 41.3 Å². The summed E-state index contributed by atoms with van der Waals surface area (Å²) in [4.78, 5) is 41.4. The van der Waals surface area contributed by atoms with E-state index in [1.165, 1.54) is 46.9 Å². The van der Waals surface area contributed by atoms with Crippen molar-refractivity contribution in [1.82, 2.24) is 0 Å². The zero-order chi connectivity index (χ0) is 48.2. The van der Waals surface area contributed by atoms with Gasteiger partial charge in [0.2, 0.25) is 0 Å². The van der Waals surface area contributed by atoms with Gasteiger partial charge in [0, 0.05) is 15.3 Å². The smallest absolute Gasteiger partial charge is 0.465 e. The number of ether oxygens (including phenoxy) is 2.